The molecule has 0 unspecified atom stereocenters. The zero-order chi connectivity index (χ0) is 19.3. The predicted molar refractivity (Wildman–Crippen MR) is 114 cm³/mol. The minimum Gasteiger partial charge on any atom is -0.336 e. The summed E-state index contributed by atoms with van der Waals surface area (Å²) in [6.07, 6.45) is 2.10. The highest BCUT2D eigenvalue weighted by Crippen LogP contribution is 2.21. The first-order valence-corrected chi connectivity index (χ1v) is 10.7. The van der Waals surface area contributed by atoms with E-state index < -0.39 is 0 Å². The Kier molecular flexibility index (Phi) is 5.88. The Morgan fingerprint density at radius 2 is 1.89 bits per heavy atom. The van der Waals surface area contributed by atoms with Crippen LogP contribution in [0.25, 0.3) is 11.3 Å². The molecule has 1 aliphatic heterocycles. The van der Waals surface area contributed by atoms with E-state index in [1.54, 1.807) is 0 Å². The van der Waals surface area contributed by atoms with E-state index in [1.165, 1.54) is 9.75 Å². The van der Waals surface area contributed by atoms with E-state index in [2.05, 4.69) is 34.2 Å². The van der Waals surface area contributed by atoms with Gasteiger partial charge in [0.05, 0.1) is 5.69 Å². The Hall–Kier alpha value is -2.44. The number of hydrogen-bond acceptors (Lipinski definition) is 4. The average Bonchev–Trinajstić information content (AvgIpc) is 3.34. The van der Waals surface area contributed by atoms with Crippen LogP contribution in [0.5, 0.6) is 0 Å². The zero-order valence-corrected chi connectivity index (χ0v) is 17.0. The summed E-state index contributed by atoms with van der Waals surface area (Å²) in [7, 11) is 0. The number of rotatable bonds is 5. The fourth-order valence-corrected chi connectivity index (χ4v) is 4.61. The Labute approximate surface area is 170 Å². The van der Waals surface area contributed by atoms with Crippen LogP contribution in [0.4, 0.5) is 0 Å². The maximum absolute atomic E-state index is 12.9. The van der Waals surface area contributed by atoms with Crippen molar-refractivity contribution < 1.29 is 4.79 Å². The highest BCUT2D eigenvalue weighted by atomic mass is 32.1. The fraction of sp³-hybridized carbons (Fsp3) is 0.364. The van der Waals surface area contributed by atoms with Crippen LogP contribution < -0.4 is 0 Å². The molecule has 0 radical (unpaired) electrons. The van der Waals surface area contributed by atoms with Gasteiger partial charge in [0.2, 0.25) is 0 Å². The van der Waals surface area contributed by atoms with Crippen molar-refractivity contribution in [2.75, 3.05) is 26.2 Å². The van der Waals surface area contributed by atoms with Gasteiger partial charge in [-0.05, 0) is 31.0 Å². The van der Waals surface area contributed by atoms with Crippen molar-refractivity contribution in [2.45, 2.75) is 26.3 Å². The van der Waals surface area contributed by atoms with E-state index in [-0.39, 0.29) is 5.91 Å². The molecule has 1 aliphatic rings. The largest absolute Gasteiger partial charge is 0.336 e. The second-order valence-electron chi connectivity index (χ2n) is 7.18. The number of aromatic nitrogens is 2. The van der Waals surface area contributed by atoms with Gasteiger partial charge in [-0.2, -0.15) is 5.10 Å². The topological polar surface area (TPSA) is 52.2 Å². The Morgan fingerprint density at radius 3 is 2.68 bits per heavy atom. The molecule has 28 heavy (non-hydrogen) atoms. The lowest BCUT2D eigenvalue weighted by molar-refractivity contribution is 0.0755. The summed E-state index contributed by atoms with van der Waals surface area (Å²) in [4.78, 5) is 20.2. The standard InChI is InChI=1S/C22H26N4OS/c1-2-18-9-10-19(28-18)16-25-11-6-12-26(14-13-25)22(27)21-15-20(23-24-21)17-7-4-3-5-8-17/h3-5,7-10,15H,2,6,11-14,16H2,1H3,(H,23,24). The van der Waals surface area contributed by atoms with Crippen LogP contribution in [0.15, 0.2) is 48.5 Å². The minimum absolute atomic E-state index is 0.0425. The molecule has 2 aromatic heterocycles. The number of aryl methyl sites for hydroxylation is 1. The third-order valence-electron chi connectivity index (χ3n) is 5.20. The first-order chi connectivity index (χ1) is 13.7. The SMILES string of the molecule is CCc1ccc(CN2CCCN(C(=O)c3cc(-c4ccccc4)n[nH]3)CC2)s1. The van der Waals surface area contributed by atoms with Gasteiger partial charge in [-0.15, -0.1) is 11.3 Å². The molecule has 0 saturated carbocycles. The van der Waals surface area contributed by atoms with E-state index in [1.807, 2.05) is 52.6 Å². The molecule has 0 atom stereocenters. The van der Waals surface area contributed by atoms with Gasteiger partial charge >= 0.3 is 0 Å². The second kappa shape index (κ2) is 8.71. The first kappa shape index (κ1) is 18.9. The summed E-state index contributed by atoms with van der Waals surface area (Å²) in [5.41, 5.74) is 2.39. The summed E-state index contributed by atoms with van der Waals surface area (Å²) >= 11 is 1.90. The molecule has 146 valence electrons. The number of nitrogens with zero attached hydrogens (tertiary/aromatic N) is 3. The molecular weight excluding hydrogens is 368 g/mol. The Bertz CT molecular complexity index is 918. The summed E-state index contributed by atoms with van der Waals surface area (Å²) in [5.74, 6) is 0.0425. The van der Waals surface area contributed by atoms with Gasteiger partial charge in [0.15, 0.2) is 0 Å². The van der Waals surface area contributed by atoms with Crippen LogP contribution >= 0.6 is 11.3 Å². The molecule has 1 aromatic carbocycles. The van der Waals surface area contributed by atoms with Crippen molar-refractivity contribution in [3.05, 3.63) is 64.0 Å². The van der Waals surface area contributed by atoms with Crippen molar-refractivity contribution in [1.29, 1.82) is 0 Å². The molecule has 5 nitrogen and oxygen atoms in total. The molecular formula is C22H26N4OS. The van der Waals surface area contributed by atoms with Crippen LogP contribution in [-0.4, -0.2) is 52.1 Å². The van der Waals surface area contributed by atoms with Crippen molar-refractivity contribution in [3.63, 3.8) is 0 Å². The van der Waals surface area contributed by atoms with E-state index in [9.17, 15) is 4.79 Å². The fourth-order valence-electron chi connectivity index (χ4n) is 3.61. The summed E-state index contributed by atoms with van der Waals surface area (Å²) < 4.78 is 0. The number of amides is 1. The molecule has 1 N–H and O–H groups in total. The number of nitrogens with one attached hydrogen (secondary N) is 1. The van der Waals surface area contributed by atoms with Crippen LogP contribution in [0, 0.1) is 0 Å². The number of aromatic amines is 1. The number of carbonyl (C=O) groups excluding carboxylic acids is 1. The Balaban J connectivity index is 1.37. The molecule has 3 heterocycles. The molecule has 4 rings (SSSR count). The Morgan fingerprint density at radius 1 is 1.07 bits per heavy atom. The highest BCUT2D eigenvalue weighted by molar-refractivity contribution is 7.11. The molecule has 0 bridgehead atoms. The van der Waals surface area contributed by atoms with E-state index in [0.29, 0.717) is 5.69 Å². The average molecular weight is 395 g/mol. The maximum atomic E-state index is 12.9. The number of benzene rings is 1. The van der Waals surface area contributed by atoms with Crippen molar-refractivity contribution >= 4 is 17.2 Å². The number of hydrogen-bond donors (Lipinski definition) is 1. The summed E-state index contributed by atoms with van der Waals surface area (Å²) in [5, 5.41) is 7.25. The van der Waals surface area contributed by atoms with Crippen molar-refractivity contribution in [2.24, 2.45) is 0 Å². The number of H-pyrrole nitrogens is 1. The first-order valence-electron chi connectivity index (χ1n) is 9.93. The third-order valence-corrected chi connectivity index (χ3v) is 6.41. The molecule has 1 amide bonds. The van der Waals surface area contributed by atoms with Gasteiger partial charge in [0.25, 0.3) is 5.91 Å². The van der Waals surface area contributed by atoms with Crippen LogP contribution in [0.3, 0.4) is 0 Å². The normalized spacial score (nSPS) is 15.5. The van der Waals surface area contributed by atoms with Crippen LogP contribution in [0.2, 0.25) is 0 Å². The van der Waals surface area contributed by atoms with Crippen molar-refractivity contribution in [3.8, 4) is 11.3 Å². The second-order valence-corrected chi connectivity index (χ2v) is 8.43. The zero-order valence-electron chi connectivity index (χ0n) is 16.2. The lowest BCUT2D eigenvalue weighted by Gasteiger charge is -2.21. The molecule has 1 saturated heterocycles. The predicted octanol–water partition coefficient (Wildman–Crippen LogP) is 4.05. The van der Waals surface area contributed by atoms with Gasteiger partial charge < -0.3 is 4.90 Å². The summed E-state index contributed by atoms with van der Waals surface area (Å²) in [6, 6.07) is 16.3. The van der Waals surface area contributed by atoms with E-state index >= 15 is 0 Å². The van der Waals surface area contributed by atoms with Crippen LogP contribution in [-0.2, 0) is 13.0 Å². The van der Waals surface area contributed by atoms with Crippen LogP contribution in [0.1, 0.15) is 33.6 Å². The van der Waals surface area contributed by atoms with Gasteiger partial charge in [-0.25, -0.2) is 0 Å². The van der Waals surface area contributed by atoms with Gasteiger partial charge in [-0.3, -0.25) is 14.8 Å². The molecule has 0 spiro atoms. The maximum Gasteiger partial charge on any atom is 0.271 e. The van der Waals surface area contributed by atoms with E-state index in [0.717, 1.165) is 56.8 Å². The minimum atomic E-state index is 0.0425. The quantitative estimate of drug-likeness (QED) is 0.710. The summed E-state index contributed by atoms with van der Waals surface area (Å²) in [6.45, 7) is 6.66. The smallest absolute Gasteiger partial charge is 0.271 e. The molecule has 0 aliphatic carbocycles. The van der Waals surface area contributed by atoms with Gasteiger partial charge in [0.1, 0.15) is 5.69 Å². The monoisotopic (exact) mass is 394 g/mol. The van der Waals surface area contributed by atoms with Gasteiger partial charge in [-0.1, -0.05) is 37.3 Å². The lowest BCUT2D eigenvalue weighted by atomic mass is 10.1. The van der Waals surface area contributed by atoms with Gasteiger partial charge in [0, 0.05) is 48.0 Å². The van der Waals surface area contributed by atoms with Crippen molar-refractivity contribution in [1.82, 2.24) is 20.0 Å². The number of carbonyl (C=O) groups is 1. The number of thiophene rings is 1. The third kappa shape index (κ3) is 4.34. The molecule has 1 fully saturated rings. The van der Waals surface area contributed by atoms with E-state index in [4.69, 9.17) is 0 Å². The molecule has 3 aromatic rings. The lowest BCUT2D eigenvalue weighted by Crippen LogP contribution is -2.35. The molecule has 6 heteroatoms. The highest BCUT2D eigenvalue weighted by Gasteiger charge is 2.22.